The van der Waals surface area contributed by atoms with Crippen LogP contribution >= 0.6 is 0 Å². The van der Waals surface area contributed by atoms with Gasteiger partial charge in [0, 0.05) is 11.3 Å². The molecule has 0 radical (unpaired) electrons. The molecule has 126 valence electrons. The van der Waals surface area contributed by atoms with Crippen molar-refractivity contribution in [3.8, 4) is 5.75 Å². The van der Waals surface area contributed by atoms with Gasteiger partial charge in [0.2, 0.25) is 5.91 Å². The third-order valence-corrected chi connectivity index (χ3v) is 4.93. The number of benzene rings is 2. The summed E-state index contributed by atoms with van der Waals surface area (Å²) in [5.74, 6) is 0.341. The molecule has 1 aliphatic rings. The van der Waals surface area contributed by atoms with Gasteiger partial charge in [-0.3, -0.25) is 4.79 Å². The number of carbonyl (C=O) groups excluding carboxylic acids is 1. The van der Waals surface area contributed by atoms with Gasteiger partial charge in [0.15, 0.2) is 0 Å². The van der Waals surface area contributed by atoms with Gasteiger partial charge in [-0.15, -0.1) is 0 Å². The summed E-state index contributed by atoms with van der Waals surface area (Å²) in [6.45, 7) is 1.93. The summed E-state index contributed by atoms with van der Waals surface area (Å²) in [5.41, 5.74) is 1.38. The normalized spacial score (nSPS) is 16.0. The average Bonchev–Trinajstić information content (AvgIpc) is 3.06. The Bertz CT molecular complexity index is 751. The van der Waals surface area contributed by atoms with E-state index in [4.69, 9.17) is 4.74 Å². The van der Waals surface area contributed by atoms with Crippen LogP contribution in [0, 0.1) is 12.7 Å². The molecule has 4 heteroatoms. The van der Waals surface area contributed by atoms with Crippen molar-refractivity contribution in [2.75, 3.05) is 12.4 Å². The molecule has 0 aromatic heterocycles. The maximum Gasteiger partial charge on any atom is 0.235 e. The quantitative estimate of drug-likeness (QED) is 0.892. The Balaban J connectivity index is 1.91. The Morgan fingerprint density at radius 2 is 1.88 bits per heavy atom. The summed E-state index contributed by atoms with van der Waals surface area (Å²) in [7, 11) is 1.62. The minimum Gasteiger partial charge on any atom is -0.496 e. The number of nitrogens with one attached hydrogen (secondary N) is 1. The van der Waals surface area contributed by atoms with Gasteiger partial charge in [-0.25, -0.2) is 4.39 Å². The van der Waals surface area contributed by atoms with Gasteiger partial charge in [0.25, 0.3) is 0 Å². The molecule has 3 nitrogen and oxygen atoms in total. The third-order valence-electron chi connectivity index (χ3n) is 4.93. The molecule has 2 aromatic carbocycles. The highest BCUT2D eigenvalue weighted by atomic mass is 19.1. The lowest BCUT2D eigenvalue weighted by Crippen LogP contribution is -2.38. The van der Waals surface area contributed by atoms with Crippen molar-refractivity contribution < 1.29 is 13.9 Å². The number of hydrogen-bond donors (Lipinski definition) is 1. The number of ether oxygens (including phenoxy) is 1. The molecule has 0 heterocycles. The van der Waals surface area contributed by atoms with E-state index >= 15 is 0 Å². The van der Waals surface area contributed by atoms with E-state index in [1.54, 1.807) is 25.3 Å². The summed E-state index contributed by atoms with van der Waals surface area (Å²) in [6.07, 6.45) is 3.22. The lowest BCUT2D eigenvalue weighted by atomic mass is 9.77. The molecule has 1 N–H and O–H groups in total. The zero-order valence-electron chi connectivity index (χ0n) is 14.1. The number of rotatable bonds is 4. The number of hydrogen-bond acceptors (Lipinski definition) is 2. The predicted molar refractivity (Wildman–Crippen MR) is 92.9 cm³/mol. The molecule has 1 aliphatic carbocycles. The number of anilines is 1. The maximum atomic E-state index is 14.4. The Labute approximate surface area is 141 Å². The van der Waals surface area contributed by atoms with Crippen LogP contribution in [-0.2, 0) is 10.2 Å². The average molecular weight is 327 g/mol. The Hall–Kier alpha value is -2.36. The first-order valence-corrected chi connectivity index (χ1v) is 8.28. The van der Waals surface area contributed by atoms with E-state index in [0.717, 1.165) is 24.2 Å². The molecule has 1 saturated carbocycles. The van der Waals surface area contributed by atoms with Crippen molar-refractivity contribution in [2.45, 2.75) is 38.0 Å². The van der Waals surface area contributed by atoms with Gasteiger partial charge in [0.05, 0.1) is 12.5 Å². The van der Waals surface area contributed by atoms with E-state index in [1.165, 1.54) is 6.07 Å². The number of methoxy groups -OCH3 is 1. The van der Waals surface area contributed by atoms with Crippen LogP contribution in [0.5, 0.6) is 5.75 Å². The van der Waals surface area contributed by atoms with E-state index in [2.05, 4.69) is 5.32 Å². The van der Waals surface area contributed by atoms with Crippen molar-refractivity contribution in [1.82, 2.24) is 0 Å². The number of amides is 1. The van der Waals surface area contributed by atoms with Crippen molar-refractivity contribution in [3.05, 3.63) is 59.4 Å². The van der Waals surface area contributed by atoms with E-state index in [1.807, 2.05) is 25.1 Å². The molecule has 0 atom stereocenters. The molecule has 0 saturated heterocycles. The number of halogens is 1. The summed E-state index contributed by atoms with van der Waals surface area (Å²) >= 11 is 0. The molecular formula is C20H22FNO2. The van der Waals surface area contributed by atoms with E-state index in [9.17, 15) is 9.18 Å². The summed E-state index contributed by atoms with van der Waals surface area (Å²) in [5, 5.41) is 2.98. The Kier molecular flexibility index (Phi) is 4.56. The van der Waals surface area contributed by atoms with Crippen LogP contribution < -0.4 is 10.1 Å². The first-order valence-electron chi connectivity index (χ1n) is 8.28. The number of aryl methyl sites for hydroxylation is 1. The van der Waals surface area contributed by atoms with Crippen molar-refractivity contribution >= 4 is 11.6 Å². The fourth-order valence-corrected chi connectivity index (χ4v) is 3.65. The first kappa shape index (κ1) is 16.5. The second-order valence-corrected chi connectivity index (χ2v) is 6.41. The third kappa shape index (κ3) is 2.88. The van der Waals surface area contributed by atoms with E-state index in [0.29, 0.717) is 24.1 Å². The highest BCUT2D eigenvalue weighted by Gasteiger charge is 2.44. The highest BCUT2D eigenvalue weighted by molar-refractivity contribution is 5.99. The molecule has 2 aromatic rings. The van der Waals surface area contributed by atoms with Crippen molar-refractivity contribution in [1.29, 1.82) is 0 Å². The number of carbonyl (C=O) groups is 1. The summed E-state index contributed by atoms with van der Waals surface area (Å²) < 4.78 is 19.6. The topological polar surface area (TPSA) is 38.3 Å². The predicted octanol–water partition coefficient (Wildman–Crippen LogP) is 4.59. The molecule has 1 fully saturated rings. The monoisotopic (exact) mass is 327 g/mol. The molecule has 0 aliphatic heterocycles. The summed E-state index contributed by atoms with van der Waals surface area (Å²) in [6, 6.07) is 12.1. The largest absolute Gasteiger partial charge is 0.496 e. The second kappa shape index (κ2) is 6.63. The van der Waals surface area contributed by atoms with Crippen molar-refractivity contribution in [3.63, 3.8) is 0 Å². The molecule has 24 heavy (non-hydrogen) atoms. The lowest BCUT2D eigenvalue weighted by Gasteiger charge is -2.28. The smallest absolute Gasteiger partial charge is 0.235 e. The summed E-state index contributed by atoms with van der Waals surface area (Å²) in [4.78, 5) is 13.0. The van der Waals surface area contributed by atoms with Crippen LogP contribution in [-0.4, -0.2) is 13.0 Å². The van der Waals surface area contributed by atoms with Crippen molar-refractivity contribution in [2.24, 2.45) is 0 Å². The molecule has 0 bridgehead atoms. The fourth-order valence-electron chi connectivity index (χ4n) is 3.65. The van der Waals surface area contributed by atoms with Crippen LogP contribution in [0.2, 0.25) is 0 Å². The molecule has 0 spiro atoms. The molecular weight excluding hydrogens is 305 g/mol. The van der Waals surface area contributed by atoms with Crippen LogP contribution in [0.1, 0.15) is 36.8 Å². The minimum atomic E-state index is -0.779. The van der Waals surface area contributed by atoms with Crippen LogP contribution in [0.3, 0.4) is 0 Å². The molecule has 1 amide bonds. The van der Waals surface area contributed by atoms with Gasteiger partial charge in [-0.2, -0.15) is 0 Å². The molecule has 3 rings (SSSR count). The van der Waals surface area contributed by atoms with Crippen LogP contribution in [0.4, 0.5) is 10.1 Å². The standard InChI is InChI=1S/C20H22FNO2/c1-14-13-15(9-10-18(14)24-2)22-19(23)20(11-5-6-12-20)16-7-3-4-8-17(16)21/h3-4,7-10,13H,5-6,11-12H2,1-2H3,(H,22,23). The van der Waals surface area contributed by atoms with Crippen LogP contribution in [0.25, 0.3) is 0 Å². The zero-order valence-corrected chi connectivity index (χ0v) is 14.1. The van der Waals surface area contributed by atoms with Gasteiger partial charge >= 0.3 is 0 Å². The lowest BCUT2D eigenvalue weighted by molar-refractivity contribution is -0.121. The van der Waals surface area contributed by atoms with Gasteiger partial charge in [-0.1, -0.05) is 31.0 Å². The SMILES string of the molecule is COc1ccc(NC(=O)C2(c3ccccc3F)CCCC2)cc1C. The first-order chi connectivity index (χ1) is 11.6. The maximum absolute atomic E-state index is 14.4. The zero-order chi connectivity index (χ0) is 17.2. The van der Waals surface area contributed by atoms with Crippen LogP contribution in [0.15, 0.2) is 42.5 Å². The van der Waals surface area contributed by atoms with Gasteiger partial charge < -0.3 is 10.1 Å². The Morgan fingerprint density at radius 1 is 1.17 bits per heavy atom. The van der Waals surface area contributed by atoms with E-state index in [-0.39, 0.29) is 11.7 Å². The fraction of sp³-hybridized carbons (Fsp3) is 0.350. The second-order valence-electron chi connectivity index (χ2n) is 6.41. The highest BCUT2D eigenvalue weighted by Crippen LogP contribution is 2.43. The van der Waals surface area contributed by atoms with Gasteiger partial charge in [0.1, 0.15) is 11.6 Å². The molecule has 0 unspecified atom stereocenters. The Morgan fingerprint density at radius 3 is 2.50 bits per heavy atom. The van der Waals surface area contributed by atoms with E-state index < -0.39 is 5.41 Å². The van der Waals surface area contributed by atoms with Gasteiger partial charge in [-0.05, 0) is 49.6 Å². The minimum absolute atomic E-state index is 0.130.